The van der Waals surface area contributed by atoms with Gasteiger partial charge in [-0.05, 0) is 0 Å². The summed E-state index contributed by atoms with van der Waals surface area (Å²) in [4.78, 5) is 10.4. The molecule has 0 radical (unpaired) electrons. The van der Waals surface area contributed by atoms with Gasteiger partial charge < -0.3 is 14.2 Å². The van der Waals surface area contributed by atoms with E-state index < -0.39 is 31.5 Å². The molecule has 0 amide bonds. The number of hydrogen-bond donors (Lipinski definition) is 0. The number of carbonyl (C=O) groups excluding carboxylic acids is 1. The normalized spacial score (nSPS) is 21.9. The van der Waals surface area contributed by atoms with Gasteiger partial charge in [-0.15, -0.1) is 0 Å². The molecule has 0 N–H and O–H groups in total. The number of hydrogen-bond acceptors (Lipinski definition) is 4. The number of ether oxygens (including phenoxy) is 3. The molecule has 0 aliphatic carbocycles. The van der Waals surface area contributed by atoms with Gasteiger partial charge in [0.15, 0.2) is 12.8 Å². The lowest BCUT2D eigenvalue weighted by Gasteiger charge is -2.13. The van der Waals surface area contributed by atoms with Gasteiger partial charge in [0.25, 0.3) is 5.92 Å². The zero-order chi connectivity index (χ0) is 10.6. The quantitative estimate of drug-likeness (QED) is 0.644. The minimum Gasteiger partial charge on any atom is -0.430 e. The molecule has 1 unspecified atom stereocenters. The van der Waals surface area contributed by atoms with Crippen molar-refractivity contribution in [3.8, 4) is 0 Å². The SMILES string of the molecule is O=C1OCC(COCC(F)(F)CF)O1. The molecule has 1 saturated heterocycles. The van der Waals surface area contributed by atoms with Gasteiger partial charge >= 0.3 is 6.16 Å². The fourth-order valence-electron chi connectivity index (χ4n) is 0.826. The molecule has 1 aliphatic heterocycles. The van der Waals surface area contributed by atoms with E-state index in [-0.39, 0.29) is 13.2 Å². The second-order valence-electron chi connectivity index (χ2n) is 2.81. The summed E-state index contributed by atoms with van der Waals surface area (Å²) in [5, 5.41) is 0. The summed E-state index contributed by atoms with van der Waals surface area (Å²) in [6, 6.07) is 0. The van der Waals surface area contributed by atoms with Crippen molar-refractivity contribution in [3.05, 3.63) is 0 Å². The van der Waals surface area contributed by atoms with Gasteiger partial charge in [-0.25, -0.2) is 18.0 Å². The van der Waals surface area contributed by atoms with E-state index in [2.05, 4.69) is 14.2 Å². The summed E-state index contributed by atoms with van der Waals surface area (Å²) in [6.07, 6.45) is -1.53. The van der Waals surface area contributed by atoms with Crippen LogP contribution < -0.4 is 0 Å². The lowest BCUT2D eigenvalue weighted by Crippen LogP contribution is -2.29. The summed E-state index contributed by atoms with van der Waals surface area (Å²) >= 11 is 0. The number of alkyl halides is 3. The summed E-state index contributed by atoms with van der Waals surface area (Å²) < 4.78 is 49.5. The maximum absolute atomic E-state index is 12.3. The first-order valence-corrected chi connectivity index (χ1v) is 3.88. The lowest BCUT2D eigenvalue weighted by atomic mass is 10.4. The Bertz CT molecular complexity index is 209. The van der Waals surface area contributed by atoms with E-state index in [1.807, 2.05) is 0 Å². The molecule has 0 aromatic carbocycles. The molecule has 1 fully saturated rings. The fourth-order valence-corrected chi connectivity index (χ4v) is 0.826. The molecule has 0 spiro atoms. The molecule has 1 atom stereocenters. The van der Waals surface area contributed by atoms with Crippen LogP contribution in [0.25, 0.3) is 0 Å². The van der Waals surface area contributed by atoms with Crippen LogP contribution >= 0.6 is 0 Å². The van der Waals surface area contributed by atoms with Gasteiger partial charge in [-0.1, -0.05) is 0 Å². The molecule has 0 bridgehead atoms. The largest absolute Gasteiger partial charge is 0.508 e. The summed E-state index contributed by atoms with van der Waals surface area (Å²) in [7, 11) is 0. The Kier molecular flexibility index (Phi) is 3.56. The predicted molar refractivity (Wildman–Crippen MR) is 38.0 cm³/mol. The van der Waals surface area contributed by atoms with Crippen LogP contribution in [-0.4, -0.2) is 44.7 Å². The molecule has 1 aliphatic rings. The maximum atomic E-state index is 12.3. The number of carbonyl (C=O) groups is 1. The molecule has 0 aromatic heterocycles. The van der Waals surface area contributed by atoms with Crippen LogP contribution in [0.3, 0.4) is 0 Å². The lowest BCUT2D eigenvalue weighted by molar-refractivity contribution is -0.0996. The average molecular weight is 214 g/mol. The third-order valence-corrected chi connectivity index (χ3v) is 1.46. The predicted octanol–water partition coefficient (Wildman–Crippen LogP) is 1.14. The summed E-state index contributed by atoms with van der Waals surface area (Å²) in [5.74, 6) is -3.48. The van der Waals surface area contributed by atoms with E-state index in [0.29, 0.717) is 0 Å². The van der Waals surface area contributed by atoms with Crippen LogP contribution in [0.2, 0.25) is 0 Å². The van der Waals surface area contributed by atoms with E-state index in [9.17, 15) is 18.0 Å². The van der Waals surface area contributed by atoms with Crippen molar-refractivity contribution in [2.45, 2.75) is 12.0 Å². The van der Waals surface area contributed by atoms with Crippen LogP contribution in [0, 0.1) is 0 Å². The van der Waals surface area contributed by atoms with Gasteiger partial charge in [-0.3, -0.25) is 0 Å². The third kappa shape index (κ3) is 3.41. The molecule has 0 aromatic rings. The summed E-state index contributed by atoms with van der Waals surface area (Å²) in [6.45, 7) is -3.05. The minimum atomic E-state index is -3.48. The van der Waals surface area contributed by atoms with Crippen molar-refractivity contribution in [2.24, 2.45) is 0 Å². The van der Waals surface area contributed by atoms with Crippen molar-refractivity contribution in [3.63, 3.8) is 0 Å². The van der Waals surface area contributed by atoms with Gasteiger partial charge in [0.2, 0.25) is 0 Å². The van der Waals surface area contributed by atoms with Gasteiger partial charge in [0.05, 0.1) is 6.61 Å². The highest BCUT2D eigenvalue weighted by molar-refractivity contribution is 5.61. The van der Waals surface area contributed by atoms with E-state index >= 15 is 0 Å². The van der Waals surface area contributed by atoms with Crippen molar-refractivity contribution >= 4 is 6.16 Å². The zero-order valence-electron chi connectivity index (χ0n) is 7.17. The van der Waals surface area contributed by atoms with Crippen LogP contribution in [0.1, 0.15) is 0 Å². The van der Waals surface area contributed by atoms with Crippen molar-refractivity contribution in [1.29, 1.82) is 0 Å². The number of halogens is 3. The Morgan fingerprint density at radius 3 is 2.79 bits per heavy atom. The third-order valence-electron chi connectivity index (χ3n) is 1.46. The second kappa shape index (κ2) is 4.50. The molecule has 7 heteroatoms. The fraction of sp³-hybridized carbons (Fsp3) is 0.857. The highest BCUT2D eigenvalue weighted by Crippen LogP contribution is 2.15. The Hall–Kier alpha value is -0.980. The highest BCUT2D eigenvalue weighted by Gasteiger charge is 2.31. The van der Waals surface area contributed by atoms with E-state index in [0.717, 1.165) is 0 Å². The zero-order valence-corrected chi connectivity index (χ0v) is 7.17. The molecular formula is C7H9F3O4. The van der Waals surface area contributed by atoms with Crippen LogP contribution in [0.15, 0.2) is 0 Å². The average Bonchev–Trinajstić information content (AvgIpc) is 2.51. The Balaban J connectivity index is 2.12. The Morgan fingerprint density at radius 2 is 2.29 bits per heavy atom. The molecule has 4 nitrogen and oxygen atoms in total. The molecular weight excluding hydrogens is 205 g/mol. The monoisotopic (exact) mass is 214 g/mol. The van der Waals surface area contributed by atoms with E-state index in [1.165, 1.54) is 0 Å². The second-order valence-corrected chi connectivity index (χ2v) is 2.81. The first kappa shape index (κ1) is 11.1. The Labute approximate surface area is 77.9 Å². The van der Waals surface area contributed by atoms with Gasteiger partial charge in [0.1, 0.15) is 13.2 Å². The van der Waals surface area contributed by atoms with Crippen LogP contribution in [0.4, 0.5) is 18.0 Å². The first-order valence-electron chi connectivity index (χ1n) is 3.88. The van der Waals surface area contributed by atoms with Crippen LogP contribution in [0.5, 0.6) is 0 Å². The molecule has 1 rings (SSSR count). The molecule has 14 heavy (non-hydrogen) atoms. The van der Waals surface area contributed by atoms with Crippen molar-refractivity contribution < 1.29 is 32.2 Å². The first-order chi connectivity index (χ1) is 6.53. The maximum Gasteiger partial charge on any atom is 0.508 e. The van der Waals surface area contributed by atoms with E-state index in [4.69, 9.17) is 0 Å². The van der Waals surface area contributed by atoms with Gasteiger partial charge in [0, 0.05) is 0 Å². The standard InChI is InChI=1S/C7H9F3O4/c8-3-7(9,10)4-12-1-5-2-13-6(11)14-5/h5H,1-4H2. The minimum absolute atomic E-state index is 0.0277. The van der Waals surface area contributed by atoms with Gasteiger partial charge in [-0.2, -0.15) is 0 Å². The van der Waals surface area contributed by atoms with Crippen LogP contribution in [-0.2, 0) is 14.2 Å². The summed E-state index contributed by atoms with van der Waals surface area (Å²) in [5.41, 5.74) is 0. The number of cyclic esters (lactones) is 2. The smallest absolute Gasteiger partial charge is 0.430 e. The molecule has 0 saturated carbocycles. The molecule has 82 valence electrons. The van der Waals surface area contributed by atoms with Crippen molar-refractivity contribution in [1.82, 2.24) is 0 Å². The highest BCUT2D eigenvalue weighted by atomic mass is 19.3. The number of rotatable bonds is 5. The topological polar surface area (TPSA) is 44.8 Å². The van der Waals surface area contributed by atoms with Crippen molar-refractivity contribution in [2.75, 3.05) is 26.5 Å². The molecule has 1 heterocycles. The Morgan fingerprint density at radius 1 is 1.57 bits per heavy atom. The van der Waals surface area contributed by atoms with E-state index in [1.54, 1.807) is 0 Å².